The Balaban J connectivity index is 1.93. The van der Waals surface area contributed by atoms with Gasteiger partial charge in [0.1, 0.15) is 0 Å². The standard InChI is InChI=1S/C15H22N2S/c1-3-13-11-17(10-9-12(13)2)15(18)16-14-7-5-4-6-8-14/h4-8,12-13H,3,9-11H2,1-2H3,(H,16,18)/t12-,13+/m1/s1. The number of para-hydroxylation sites is 1. The first-order valence-electron chi connectivity index (χ1n) is 6.81. The van der Waals surface area contributed by atoms with Crippen LogP contribution >= 0.6 is 12.2 Å². The van der Waals surface area contributed by atoms with Gasteiger partial charge in [-0.15, -0.1) is 0 Å². The molecule has 2 atom stereocenters. The smallest absolute Gasteiger partial charge is 0.173 e. The summed E-state index contributed by atoms with van der Waals surface area (Å²) in [5.74, 6) is 1.60. The number of benzene rings is 1. The van der Waals surface area contributed by atoms with Gasteiger partial charge in [0.15, 0.2) is 5.11 Å². The zero-order valence-electron chi connectivity index (χ0n) is 11.2. The van der Waals surface area contributed by atoms with Gasteiger partial charge in [-0.2, -0.15) is 0 Å². The summed E-state index contributed by atoms with van der Waals surface area (Å²) >= 11 is 5.51. The second-order valence-corrected chi connectivity index (χ2v) is 5.56. The van der Waals surface area contributed by atoms with Crippen molar-refractivity contribution < 1.29 is 0 Å². The number of nitrogens with zero attached hydrogens (tertiary/aromatic N) is 1. The molecule has 0 bridgehead atoms. The van der Waals surface area contributed by atoms with Crippen molar-refractivity contribution in [2.45, 2.75) is 26.7 Å². The van der Waals surface area contributed by atoms with Crippen molar-refractivity contribution in [3.8, 4) is 0 Å². The number of rotatable bonds is 2. The quantitative estimate of drug-likeness (QED) is 0.817. The van der Waals surface area contributed by atoms with Crippen molar-refractivity contribution in [1.82, 2.24) is 4.90 Å². The highest BCUT2D eigenvalue weighted by Gasteiger charge is 2.25. The second kappa shape index (κ2) is 6.19. The van der Waals surface area contributed by atoms with Crippen LogP contribution in [0.5, 0.6) is 0 Å². The van der Waals surface area contributed by atoms with Crippen molar-refractivity contribution in [1.29, 1.82) is 0 Å². The Morgan fingerprint density at radius 2 is 2.11 bits per heavy atom. The van der Waals surface area contributed by atoms with E-state index in [1.165, 1.54) is 12.8 Å². The second-order valence-electron chi connectivity index (χ2n) is 5.18. The molecule has 1 aliphatic heterocycles. The van der Waals surface area contributed by atoms with E-state index >= 15 is 0 Å². The molecule has 0 unspecified atom stereocenters. The van der Waals surface area contributed by atoms with E-state index in [1.807, 2.05) is 18.2 Å². The van der Waals surface area contributed by atoms with Gasteiger partial charge in [0.2, 0.25) is 0 Å². The lowest BCUT2D eigenvalue weighted by Crippen LogP contribution is -2.44. The lowest BCUT2D eigenvalue weighted by Gasteiger charge is -2.38. The minimum atomic E-state index is 0.772. The van der Waals surface area contributed by atoms with Crippen LogP contribution < -0.4 is 5.32 Å². The number of nitrogens with one attached hydrogen (secondary N) is 1. The molecule has 1 N–H and O–H groups in total. The van der Waals surface area contributed by atoms with Gasteiger partial charge in [-0.05, 0) is 42.6 Å². The van der Waals surface area contributed by atoms with E-state index in [0.717, 1.165) is 35.7 Å². The van der Waals surface area contributed by atoms with Crippen LogP contribution in [0.1, 0.15) is 26.7 Å². The van der Waals surface area contributed by atoms with E-state index in [2.05, 4.69) is 36.2 Å². The third-order valence-electron chi connectivity index (χ3n) is 3.95. The van der Waals surface area contributed by atoms with Crippen LogP contribution in [0.3, 0.4) is 0 Å². The summed E-state index contributed by atoms with van der Waals surface area (Å²) in [6.07, 6.45) is 2.49. The predicted octanol–water partition coefficient (Wildman–Crippen LogP) is 3.75. The molecule has 3 heteroatoms. The average Bonchev–Trinajstić information content (AvgIpc) is 2.40. The SMILES string of the molecule is CC[C@H]1CN(C(=S)Nc2ccccc2)CC[C@H]1C. The fourth-order valence-electron chi connectivity index (χ4n) is 2.59. The van der Waals surface area contributed by atoms with Crippen molar-refractivity contribution in [3.63, 3.8) is 0 Å². The fraction of sp³-hybridized carbons (Fsp3) is 0.533. The van der Waals surface area contributed by atoms with Gasteiger partial charge in [-0.1, -0.05) is 38.5 Å². The van der Waals surface area contributed by atoms with Crippen LogP contribution in [0.15, 0.2) is 30.3 Å². The number of anilines is 1. The molecule has 0 aromatic heterocycles. The molecule has 1 saturated heterocycles. The Labute approximate surface area is 115 Å². The molecule has 1 aliphatic rings. The molecule has 0 radical (unpaired) electrons. The first-order chi connectivity index (χ1) is 8.70. The molecule has 1 aromatic carbocycles. The molecule has 2 rings (SSSR count). The van der Waals surface area contributed by atoms with Gasteiger partial charge in [-0.25, -0.2) is 0 Å². The molecule has 0 saturated carbocycles. The van der Waals surface area contributed by atoms with Crippen LogP contribution in [0.2, 0.25) is 0 Å². The lowest BCUT2D eigenvalue weighted by molar-refractivity contribution is 0.187. The molecule has 18 heavy (non-hydrogen) atoms. The average molecular weight is 262 g/mol. The first kappa shape index (κ1) is 13.3. The summed E-state index contributed by atoms with van der Waals surface area (Å²) in [5, 5.41) is 4.20. The zero-order chi connectivity index (χ0) is 13.0. The normalized spacial score (nSPS) is 23.8. The molecule has 1 aromatic rings. The highest BCUT2D eigenvalue weighted by atomic mass is 32.1. The number of likely N-dealkylation sites (tertiary alicyclic amines) is 1. The minimum Gasteiger partial charge on any atom is -0.349 e. The maximum absolute atomic E-state index is 5.51. The summed E-state index contributed by atoms with van der Waals surface area (Å²) in [5.41, 5.74) is 1.08. The van der Waals surface area contributed by atoms with Crippen LogP contribution in [-0.4, -0.2) is 23.1 Å². The monoisotopic (exact) mass is 262 g/mol. The molecule has 0 amide bonds. The van der Waals surface area contributed by atoms with Gasteiger partial charge in [0, 0.05) is 18.8 Å². The van der Waals surface area contributed by atoms with Crippen LogP contribution in [0, 0.1) is 11.8 Å². The molecule has 2 nitrogen and oxygen atoms in total. The van der Waals surface area contributed by atoms with Gasteiger partial charge in [-0.3, -0.25) is 0 Å². The maximum Gasteiger partial charge on any atom is 0.173 e. The molecule has 1 fully saturated rings. The number of hydrogen-bond acceptors (Lipinski definition) is 1. The van der Waals surface area contributed by atoms with E-state index in [1.54, 1.807) is 0 Å². The summed E-state index contributed by atoms with van der Waals surface area (Å²) in [7, 11) is 0. The molecule has 0 aliphatic carbocycles. The summed E-state index contributed by atoms with van der Waals surface area (Å²) in [6.45, 7) is 6.81. The van der Waals surface area contributed by atoms with Gasteiger partial charge < -0.3 is 10.2 Å². The number of thiocarbonyl (C=S) groups is 1. The van der Waals surface area contributed by atoms with E-state index in [4.69, 9.17) is 12.2 Å². The first-order valence-corrected chi connectivity index (χ1v) is 7.22. The minimum absolute atomic E-state index is 0.772. The number of piperidine rings is 1. The largest absolute Gasteiger partial charge is 0.349 e. The fourth-order valence-corrected chi connectivity index (χ4v) is 2.87. The predicted molar refractivity (Wildman–Crippen MR) is 81.8 cm³/mol. The molecule has 1 heterocycles. The van der Waals surface area contributed by atoms with Crippen LogP contribution in [-0.2, 0) is 0 Å². The van der Waals surface area contributed by atoms with Crippen molar-refractivity contribution in [2.24, 2.45) is 11.8 Å². The van der Waals surface area contributed by atoms with E-state index in [9.17, 15) is 0 Å². The summed E-state index contributed by atoms with van der Waals surface area (Å²) < 4.78 is 0. The van der Waals surface area contributed by atoms with E-state index in [0.29, 0.717) is 0 Å². The van der Waals surface area contributed by atoms with Gasteiger partial charge >= 0.3 is 0 Å². The van der Waals surface area contributed by atoms with Crippen LogP contribution in [0.25, 0.3) is 0 Å². The molecular formula is C15H22N2S. The van der Waals surface area contributed by atoms with Gasteiger partial charge in [0.25, 0.3) is 0 Å². The summed E-state index contributed by atoms with van der Waals surface area (Å²) in [4.78, 5) is 2.32. The highest BCUT2D eigenvalue weighted by molar-refractivity contribution is 7.80. The highest BCUT2D eigenvalue weighted by Crippen LogP contribution is 2.26. The zero-order valence-corrected chi connectivity index (χ0v) is 12.0. The Morgan fingerprint density at radius 3 is 2.78 bits per heavy atom. The topological polar surface area (TPSA) is 15.3 Å². The van der Waals surface area contributed by atoms with Crippen LogP contribution in [0.4, 0.5) is 5.69 Å². The van der Waals surface area contributed by atoms with Crippen molar-refractivity contribution in [3.05, 3.63) is 30.3 Å². The van der Waals surface area contributed by atoms with Crippen molar-refractivity contribution in [2.75, 3.05) is 18.4 Å². The third-order valence-corrected chi connectivity index (χ3v) is 4.31. The molecule has 0 spiro atoms. The summed E-state index contributed by atoms with van der Waals surface area (Å²) in [6, 6.07) is 10.2. The third kappa shape index (κ3) is 3.22. The number of hydrogen-bond donors (Lipinski definition) is 1. The van der Waals surface area contributed by atoms with Gasteiger partial charge in [0.05, 0.1) is 0 Å². The Bertz CT molecular complexity index is 391. The maximum atomic E-state index is 5.51. The van der Waals surface area contributed by atoms with E-state index in [-0.39, 0.29) is 0 Å². The molecule has 98 valence electrons. The lowest BCUT2D eigenvalue weighted by atomic mass is 9.85. The van der Waals surface area contributed by atoms with E-state index < -0.39 is 0 Å². The van der Waals surface area contributed by atoms with Crippen molar-refractivity contribution >= 4 is 23.0 Å². The Kier molecular flexibility index (Phi) is 4.59. The Morgan fingerprint density at radius 1 is 1.39 bits per heavy atom. The Hall–Kier alpha value is -1.09. The molecular weight excluding hydrogens is 240 g/mol.